The average Bonchev–Trinajstić information content (AvgIpc) is 3.10. The molecule has 114 valence electrons. The van der Waals surface area contributed by atoms with Crippen LogP contribution in [0.5, 0.6) is 0 Å². The molecule has 2 aliphatic heterocycles. The summed E-state index contributed by atoms with van der Waals surface area (Å²) in [5.41, 5.74) is 6.15. The number of fused-ring (bicyclic) bond motifs is 1. The Morgan fingerprint density at radius 2 is 1.86 bits per heavy atom. The molecule has 3 nitrogen and oxygen atoms in total. The van der Waals surface area contributed by atoms with Gasteiger partial charge in [0.15, 0.2) is 5.79 Å². The number of ether oxygens (including phenoxy) is 2. The Morgan fingerprint density at radius 1 is 1.14 bits per heavy atom. The van der Waals surface area contributed by atoms with E-state index in [4.69, 9.17) is 9.47 Å². The zero-order valence-corrected chi connectivity index (χ0v) is 13.2. The minimum atomic E-state index is -0.268. The van der Waals surface area contributed by atoms with Crippen LogP contribution in [0.25, 0.3) is 0 Å². The SMILES string of the molecule is Cc1ccc(N2CCC3(CC2)OCCO3)c2c1CCC2C. The molecule has 2 heterocycles. The van der Waals surface area contributed by atoms with Gasteiger partial charge in [0, 0.05) is 31.6 Å². The first-order chi connectivity index (χ1) is 10.2. The lowest BCUT2D eigenvalue weighted by atomic mass is 9.95. The van der Waals surface area contributed by atoms with Gasteiger partial charge in [0.05, 0.1) is 13.2 Å². The molecule has 0 amide bonds. The summed E-state index contributed by atoms with van der Waals surface area (Å²) in [7, 11) is 0. The van der Waals surface area contributed by atoms with Crippen molar-refractivity contribution >= 4 is 5.69 Å². The Balaban J connectivity index is 1.59. The van der Waals surface area contributed by atoms with Crippen LogP contribution < -0.4 is 4.90 Å². The molecule has 1 atom stereocenters. The normalized spacial score (nSPS) is 27.3. The second-order valence-corrected chi connectivity index (χ2v) is 6.83. The average molecular weight is 287 g/mol. The van der Waals surface area contributed by atoms with Crippen molar-refractivity contribution in [2.75, 3.05) is 31.2 Å². The van der Waals surface area contributed by atoms with Crippen LogP contribution in [0.2, 0.25) is 0 Å². The molecular weight excluding hydrogens is 262 g/mol. The van der Waals surface area contributed by atoms with Crippen molar-refractivity contribution in [1.29, 1.82) is 0 Å². The maximum absolute atomic E-state index is 5.85. The highest BCUT2D eigenvalue weighted by atomic mass is 16.7. The summed E-state index contributed by atoms with van der Waals surface area (Å²) in [6.45, 7) is 8.24. The molecule has 2 saturated heterocycles. The Labute approximate surface area is 127 Å². The third-order valence-corrected chi connectivity index (χ3v) is 5.57. The van der Waals surface area contributed by atoms with Crippen molar-refractivity contribution in [3.63, 3.8) is 0 Å². The lowest BCUT2D eigenvalue weighted by Crippen LogP contribution is -2.45. The highest BCUT2D eigenvalue weighted by Gasteiger charge is 2.40. The summed E-state index contributed by atoms with van der Waals surface area (Å²) in [6.07, 6.45) is 4.53. The summed E-state index contributed by atoms with van der Waals surface area (Å²) < 4.78 is 11.7. The van der Waals surface area contributed by atoms with Crippen LogP contribution in [0.15, 0.2) is 12.1 Å². The van der Waals surface area contributed by atoms with Gasteiger partial charge < -0.3 is 14.4 Å². The molecule has 0 N–H and O–H groups in total. The lowest BCUT2D eigenvalue weighted by molar-refractivity contribution is -0.169. The minimum Gasteiger partial charge on any atom is -0.371 e. The van der Waals surface area contributed by atoms with Crippen molar-refractivity contribution in [2.45, 2.75) is 51.2 Å². The molecule has 1 aliphatic carbocycles. The van der Waals surface area contributed by atoms with E-state index in [9.17, 15) is 0 Å². The number of piperidine rings is 1. The Hall–Kier alpha value is -1.06. The first-order valence-electron chi connectivity index (χ1n) is 8.34. The van der Waals surface area contributed by atoms with Gasteiger partial charge in [-0.2, -0.15) is 0 Å². The van der Waals surface area contributed by atoms with Gasteiger partial charge in [-0.1, -0.05) is 13.0 Å². The number of anilines is 1. The van der Waals surface area contributed by atoms with Gasteiger partial charge in [-0.3, -0.25) is 0 Å². The van der Waals surface area contributed by atoms with E-state index >= 15 is 0 Å². The number of aryl methyl sites for hydroxylation is 1. The summed E-state index contributed by atoms with van der Waals surface area (Å²) in [5.74, 6) is 0.431. The van der Waals surface area contributed by atoms with E-state index in [1.165, 1.54) is 24.1 Å². The molecule has 0 radical (unpaired) electrons. The molecule has 1 aromatic carbocycles. The molecule has 2 fully saturated rings. The molecule has 0 saturated carbocycles. The van der Waals surface area contributed by atoms with Crippen LogP contribution in [0, 0.1) is 6.92 Å². The van der Waals surface area contributed by atoms with Gasteiger partial charge in [-0.05, 0) is 48.4 Å². The largest absolute Gasteiger partial charge is 0.371 e. The fraction of sp³-hybridized carbons (Fsp3) is 0.667. The monoisotopic (exact) mass is 287 g/mol. The smallest absolute Gasteiger partial charge is 0.171 e. The van der Waals surface area contributed by atoms with E-state index in [1.54, 1.807) is 11.1 Å². The molecule has 1 aromatic rings. The summed E-state index contributed by atoms with van der Waals surface area (Å²) >= 11 is 0. The van der Waals surface area contributed by atoms with E-state index in [1.807, 2.05) is 0 Å². The Bertz CT molecular complexity index is 538. The highest BCUT2D eigenvalue weighted by molar-refractivity contribution is 5.62. The van der Waals surface area contributed by atoms with Crippen LogP contribution in [-0.2, 0) is 15.9 Å². The summed E-state index contributed by atoms with van der Waals surface area (Å²) in [6, 6.07) is 4.64. The third kappa shape index (κ3) is 2.18. The van der Waals surface area contributed by atoms with E-state index in [-0.39, 0.29) is 5.79 Å². The molecule has 0 bridgehead atoms. The number of nitrogens with zero attached hydrogens (tertiary/aromatic N) is 1. The molecule has 3 heteroatoms. The van der Waals surface area contributed by atoms with E-state index < -0.39 is 0 Å². The van der Waals surface area contributed by atoms with E-state index in [0.29, 0.717) is 5.92 Å². The van der Waals surface area contributed by atoms with Gasteiger partial charge in [0.1, 0.15) is 0 Å². The first kappa shape index (κ1) is 13.6. The quantitative estimate of drug-likeness (QED) is 0.790. The molecule has 21 heavy (non-hydrogen) atoms. The highest BCUT2D eigenvalue weighted by Crippen LogP contribution is 2.43. The van der Waals surface area contributed by atoms with Crippen molar-refractivity contribution in [2.24, 2.45) is 0 Å². The maximum Gasteiger partial charge on any atom is 0.171 e. The van der Waals surface area contributed by atoms with Crippen LogP contribution in [0.4, 0.5) is 5.69 Å². The number of hydrogen-bond acceptors (Lipinski definition) is 3. The van der Waals surface area contributed by atoms with Crippen molar-refractivity contribution < 1.29 is 9.47 Å². The second kappa shape index (κ2) is 4.99. The molecule has 3 aliphatic rings. The van der Waals surface area contributed by atoms with Crippen LogP contribution >= 0.6 is 0 Å². The third-order valence-electron chi connectivity index (χ3n) is 5.57. The number of rotatable bonds is 1. The first-order valence-corrected chi connectivity index (χ1v) is 8.34. The predicted octanol–water partition coefficient (Wildman–Crippen LogP) is 3.39. The number of hydrogen-bond donors (Lipinski definition) is 0. The van der Waals surface area contributed by atoms with Crippen LogP contribution in [0.1, 0.15) is 48.8 Å². The zero-order valence-electron chi connectivity index (χ0n) is 13.2. The van der Waals surface area contributed by atoms with E-state index in [0.717, 1.165) is 39.1 Å². The summed E-state index contributed by atoms with van der Waals surface area (Å²) in [4.78, 5) is 2.55. The van der Waals surface area contributed by atoms with Crippen molar-refractivity contribution in [3.8, 4) is 0 Å². The van der Waals surface area contributed by atoms with Crippen LogP contribution in [-0.4, -0.2) is 32.1 Å². The summed E-state index contributed by atoms with van der Waals surface area (Å²) in [5, 5.41) is 0. The maximum atomic E-state index is 5.85. The zero-order chi connectivity index (χ0) is 14.4. The van der Waals surface area contributed by atoms with Gasteiger partial charge in [-0.15, -0.1) is 0 Å². The molecule has 4 rings (SSSR count). The van der Waals surface area contributed by atoms with Crippen LogP contribution in [0.3, 0.4) is 0 Å². The topological polar surface area (TPSA) is 21.7 Å². The van der Waals surface area contributed by atoms with Gasteiger partial charge in [-0.25, -0.2) is 0 Å². The number of benzene rings is 1. The van der Waals surface area contributed by atoms with Crippen molar-refractivity contribution in [3.05, 3.63) is 28.8 Å². The Morgan fingerprint density at radius 3 is 2.57 bits per heavy atom. The standard InChI is InChI=1S/C18H25NO2/c1-13-4-6-16(17-14(2)3-5-15(13)17)19-9-7-18(8-10-19)20-11-12-21-18/h4,6,14H,3,5,7-12H2,1-2H3. The Kier molecular flexibility index (Phi) is 3.23. The van der Waals surface area contributed by atoms with E-state index in [2.05, 4.69) is 30.9 Å². The van der Waals surface area contributed by atoms with Crippen molar-refractivity contribution in [1.82, 2.24) is 0 Å². The van der Waals surface area contributed by atoms with Gasteiger partial charge in [0.25, 0.3) is 0 Å². The molecule has 1 unspecified atom stereocenters. The van der Waals surface area contributed by atoms with Gasteiger partial charge >= 0.3 is 0 Å². The fourth-order valence-electron chi connectivity index (χ4n) is 4.30. The molecule has 0 aromatic heterocycles. The molecular formula is C18H25NO2. The minimum absolute atomic E-state index is 0.268. The lowest BCUT2D eigenvalue weighted by Gasteiger charge is -2.39. The predicted molar refractivity (Wildman–Crippen MR) is 84.0 cm³/mol. The molecule has 1 spiro atoms. The van der Waals surface area contributed by atoms with Gasteiger partial charge in [0.2, 0.25) is 0 Å². The second-order valence-electron chi connectivity index (χ2n) is 6.83. The fourth-order valence-corrected chi connectivity index (χ4v) is 4.30.